The van der Waals surface area contributed by atoms with E-state index in [9.17, 15) is 4.79 Å². The van der Waals surface area contributed by atoms with E-state index in [1.807, 2.05) is 48.5 Å². The molecule has 1 aromatic heterocycles. The second-order valence-corrected chi connectivity index (χ2v) is 7.92. The zero-order valence-corrected chi connectivity index (χ0v) is 18.6. The molecule has 0 aliphatic carbocycles. The molecule has 0 saturated carbocycles. The van der Waals surface area contributed by atoms with Crippen LogP contribution in [0.1, 0.15) is 34.8 Å². The molecule has 8 heteroatoms. The van der Waals surface area contributed by atoms with Crippen molar-refractivity contribution in [3.8, 4) is 0 Å². The Morgan fingerprint density at radius 1 is 1.00 bits per heavy atom. The van der Waals surface area contributed by atoms with Gasteiger partial charge in [-0.25, -0.2) is 9.89 Å². The lowest BCUT2D eigenvalue weighted by Crippen LogP contribution is -2.18. The van der Waals surface area contributed by atoms with Gasteiger partial charge in [-0.1, -0.05) is 72.8 Å². The molecule has 1 unspecified atom stereocenters. The summed E-state index contributed by atoms with van der Waals surface area (Å²) < 4.78 is 0. The topological polar surface area (TPSA) is 98.6 Å². The highest BCUT2D eigenvalue weighted by Gasteiger charge is 2.29. The highest BCUT2D eigenvalue weighted by molar-refractivity contribution is 6.03. The summed E-state index contributed by atoms with van der Waals surface area (Å²) in [4.78, 5) is 15.2. The summed E-state index contributed by atoms with van der Waals surface area (Å²) in [5.74, 6) is 0.321. The SMILES string of the molecule is Cc1n[nH]c(=O)nc1NN=Cc1ccc(N2N=C(c3ccccc3)CC2c2ccccc2)cc1. The molecule has 1 aliphatic heterocycles. The number of anilines is 2. The van der Waals surface area contributed by atoms with E-state index in [1.54, 1.807) is 13.1 Å². The number of hydrazone groups is 2. The van der Waals surface area contributed by atoms with Gasteiger partial charge >= 0.3 is 5.69 Å². The minimum absolute atomic E-state index is 0.121. The van der Waals surface area contributed by atoms with E-state index < -0.39 is 5.69 Å². The maximum atomic E-state index is 11.3. The van der Waals surface area contributed by atoms with Gasteiger partial charge < -0.3 is 0 Å². The second kappa shape index (κ2) is 9.50. The quantitative estimate of drug-likeness (QED) is 0.338. The van der Waals surface area contributed by atoms with Crippen molar-refractivity contribution in [2.24, 2.45) is 10.2 Å². The molecule has 8 nitrogen and oxygen atoms in total. The molecule has 168 valence electrons. The van der Waals surface area contributed by atoms with Crippen LogP contribution in [0.15, 0.2) is 99.9 Å². The van der Waals surface area contributed by atoms with Crippen molar-refractivity contribution in [2.75, 3.05) is 10.4 Å². The Kier molecular flexibility index (Phi) is 5.94. The zero-order chi connectivity index (χ0) is 23.3. The normalized spacial score (nSPS) is 15.5. The van der Waals surface area contributed by atoms with Crippen molar-refractivity contribution >= 4 is 23.4 Å². The largest absolute Gasteiger partial charge is 0.363 e. The van der Waals surface area contributed by atoms with Crippen molar-refractivity contribution in [3.63, 3.8) is 0 Å². The molecule has 5 rings (SSSR count). The Balaban J connectivity index is 1.38. The van der Waals surface area contributed by atoms with Gasteiger partial charge in [-0.3, -0.25) is 10.4 Å². The van der Waals surface area contributed by atoms with Gasteiger partial charge in [0.1, 0.15) is 5.69 Å². The summed E-state index contributed by atoms with van der Waals surface area (Å²) >= 11 is 0. The van der Waals surface area contributed by atoms with E-state index in [0.29, 0.717) is 11.5 Å². The Bertz CT molecular complexity index is 1380. The van der Waals surface area contributed by atoms with Crippen LogP contribution in [0.3, 0.4) is 0 Å². The molecule has 2 N–H and O–H groups in total. The van der Waals surface area contributed by atoms with Crippen molar-refractivity contribution in [1.82, 2.24) is 15.2 Å². The molecular weight excluding hydrogens is 426 g/mol. The van der Waals surface area contributed by atoms with Gasteiger partial charge in [-0.05, 0) is 35.7 Å². The first kappa shape index (κ1) is 21.3. The lowest BCUT2D eigenvalue weighted by atomic mass is 9.98. The number of nitrogens with zero attached hydrogens (tertiary/aromatic N) is 5. The molecule has 0 radical (unpaired) electrons. The van der Waals surface area contributed by atoms with E-state index >= 15 is 0 Å². The van der Waals surface area contributed by atoms with Gasteiger partial charge in [-0.15, -0.1) is 0 Å². The predicted octanol–water partition coefficient (Wildman–Crippen LogP) is 4.28. The monoisotopic (exact) mass is 449 g/mol. The molecule has 0 amide bonds. The van der Waals surface area contributed by atoms with Gasteiger partial charge in [-0.2, -0.15) is 20.3 Å². The number of H-pyrrole nitrogens is 1. The number of hydrogen-bond acceptors (Lipinski definition) is 7. The third kappa shape index (κ3) is 4.61. The predicted molar refractivity (Wildman–Crippen MR) is 134 cm³/mol. The van der Waals surface area contributed by atoms with E-state index in [2.05, 4.69) is 67.1 Å². The van der Waals surface area contributed by atoms with Crippen molar-refractivity contribution in [2.45, 2.75) is 19.4 Å². The fourth-order valence-electron chi connectivity index (χ4n) is 3.87. The third-order valence-corrected chi connectivity index (χ3v) is 5.62. The molecule has 1 aliphatic rings. The summed E-state index contributed by atoms with van der Waals surface area (Å²) in [6.45, 7) is 1.74. The first-order valence-corrected chi connectivity index (χ1v) is 11.0. The Morgan fingerprint density at radius 2 is 1.71 bits per heavy atom. The zero-order valence-electron chi connectivity index (χ0n) is 18.6. The summed E-state index contributed by atoms with van der Waals surface area (Å²) in [6.07, 6.45) is 2.50. The van der Waals surface area contributed by atoms with Crippen molar-refractivity contribution in [3.05, 3.63) is 118 Å². The number of aryl methyl sites for hydroxylation is 1. The first-order valence-electron chi connectivity index (χ1n) is 11.0. The maximum Gasteiger partial charge on any atom is 0.363 e. The maximum absolute atomic E-state index is 11.3. The van der Waals surface area contributed by atoms with Gasteiger partial charge in [0, 0.05) is 6.42 Å². The molecule has 1 atom stereocenters. The van der Waals surface area contributed by atoms with Crippen LogP contribution in [-0.4, -0.2) is 27.1 Å². The van der Waals surface area contributed by atoms with Crippen LogP contribution in [-0.2, 0) is 0 Å². The summed E-state index contributed by atoms with van der Waals surface area (Å²) in [5, 5.41) is 17.4. The molecule has 0 saturated heterocycles. The van der Waals surface area contributed by atoms with Gasteiger partial charge in [0.05, 0.1) is 23.7 Å². The van der Waals surface area contributed by atoms with E-state index in [-0.39, 0.29) is 6.04 Å². The van der Waals surface area contributed by atoms with Crippen LogP contribution < -0.4 is 16.1 Å². The van der Waals surface area contributed by atoms with Crippen LogP contribution in [0, 0.1) is 6.92 Å². The molecule has 34 heavy (non-hydrogen) atoms. The molecular formula is C26H23N7O. The van der Waals surface area contributed by atoms with Gasteiger partial charge in [0.2, 0.25) is 0 Å². The fourth-order valence-corrected chi connectivity index (χ4v) is 3.87. The first-order chi connectivity index (χ1) is 16.7. The molecule has 0 fully saturated rings. The number of aromatic nitrogens is 3. The molecule has 2 heterocycles. The van der Waals surface area contributed by atoms with Crippen LogP contribution >= 0.6 is 0 Å². The number of benzene rings is 3. The van der Waals surface area contributed by atoms with E-state index in [0.717, 1.165) is 28.9 Å². The number of aromatic amines is 1. The second-order valence-electron chi connectivity index (χ2n) is 7.92. The fraction of sp³-hybridized carbons (Fsp3) is 0.115. The Labute approximate surface area is 196 Å². The van der Waals surface area contributed by atoms with E-state index in [4.69, 9.17) is 5.10 Å². The smallest absolute Gasteiger partial charge is 0.260 e. The van der Waals surface area contributed by atoms with Crippen LogP contribution in [0.5, 0.6) is 0 Å². The van der Waals surface area contributed by atoms with Crippen LogP contribution in [0.25, 0.3) is 0 Å². The summed E-state index contributed by atoms with van der Waals surface area (Å²) in [7, 11) is 0. The summed E-state index contributed by atoms with van der Waals surface area (Å²) in [6, 6.07) is 28.9. The standard InChI is InChI=1S/C26H23N7O/c1-18-25(28-26(34)31-29-18)30-27-17-19-12-14-22(15-13-19)33-24(21-10-6-3-7-11-21)16-23(32-33)20-8-4-2-5-9-20/h2-15,17,24H,16H2,1H3,(H2,28,30,31,34). The van der Waals surface area contributed by atoms with E-state index in [1.165, 1.54) is 5.56 Å². The van der Waals surface area contributed by atoms with Gasteiger partial charge in [0.15, 0.2) is 5.82 Å². The van der Waals surface area contributed by atoms with Crippen molar-refractivity contribution < 1.29 is 0 Å². The number of nitrogens with one attached hydrogen (secondary N) is 2. The Hall–Kier alpha value is -4.59. The lowest BCUT2D eigenvalue weighted by Gasteiger charge is -2.24. The van der Waals surface area contributed by atoms with Crippen molar-refractivity contribution in [1.29, 1.82) is 0 Å². The van der Waals surface area contributed by atoms with Crippen LogP contribution in [0.2, 0.25) is 0 Å². The molecule has 0 spiro atoms. The molecule has 0 bridgehead atoms. The van der Waals surface area contributed by atoms with Crippen LogP contribution in [0.4, 0.5) is 11.5 Å². The molecule has 3 aromatic carbocycles. The highest BCUT2D eigenvalue weighted by Crippen LogP contribution is 2.36. The lowest BCUT2D eigenvalue weighted by molar-refractivity contribution is 0.709. The summed E-state index contributed by atoms with van der Waals surface area (Å²) in [5.41, 5.74) is 8.13. The molecule has 4 aromatic rings. The number of hydrogen-bond donors (Lipinski definition) is 2. The average Bonchev–Trinajstić information content (AvgIpc) is 3.33. The average molecular weight is 450 g/mol. The Morgan fingerprint density at radius 3 is 2.44 bits per heavy atom. The minimum Gasteiger partial charge on any atom is -0.260 e. The highest BCUT2D eigenvalue weighted by atomic mass is 16.1. The number of rotatable bonds is 6. The third-order valence-electron chi connectivity index (χ3n) is 5.62. The van der Waals surface area contributed by atoms with Gasteiger partial charge in [0.25, 0.3) is 0 Å². The minimum atomic E-state index is -0.526.